The number of halogens is 2. The zero-order valence-corrected chi connectivity index (χ0v) is 13.8. The lowest BCUT2D eigenvalue weighted by molar-refractivity contribution is 0.0904. The summed E-state index contributed by atoms with van der Waals surface area (Å²) in [6.45, 7) is 1.43. The molecule has 0 spiro atoms. The predicted molar refractivity (Wildman–Crippen MR) is 86.9 cm³/mol. The van der Waals surface area contributed by atoms with Crippen LogP contribution in [0, 0.1) is 0 Å². The van der Waals surface area contributed by atoms with E-state index < -0.39 is 0 Å². The summed E-state index contributed by atoms with van der Waals surface area (Å²) in [5.74, 6) is -0.176. The fourth-order valence-corrected chi connectivity index (χ4v) is 3.25. The smallest absolute Gasteiger partial charge is 0.269 e. The molecule has 2 N–H and O–H groups in total. The number of aromatic nitrogens is 1. The highest BCUT2D eigenvalue weighted by atomic mass is 79.9. The Kier molecular flexibility index (Phi) is 4.52. The Hall–Kier alpha value is -1.04. The molecule has 1 aromatic carbocycles. The number of hydrogen-bond acceptors (Lipinski definition) is 2. The van der Waals surface area contributed by atoms with Crippen molar-refractivity contribution in [2.45, 2.75) is 25.4 Å². The van der Waals surface area contributed by atoms with Gasteiger partial charge in [-0.25, -0.2) is 0 Å². The average Bonchev–Trinajstić information content (AvgIpc) is 3.08. The van der Waals surface area contributed by atoms with Gasteiger partial charge in [-0.15, -0.1) is 0 Å². The molecule has 1 aliphatic rings. The van der Waals surface area contributed by atoms with Gasteiger partial charge in [0.15, 0.2) is 0 Å². The highest BCUT2D eigenvalue weighted by Crippen LogP contribution is 2.29. The first-order chi connectivity index (χ1) is 10.1. The van der Waals surface area contributed by atoms with Crippen LogP contribution in [0.4, 0.5) is 0 Å². The highest BCUT2D eigenvalue weighted by molar-refractivity contribution is 9.10. The van der Waals surface area contributed by atoms with Crippen LogP contribution in [0.2, 0.25) is 5.02 Å². The molecular formula is C15H16BrClN2O2. The number of amides is 1. The number of rotatable bonds is 4. The first-order valence-corrected chi connectivity index (χ1v) is 8.19. The number of H-pyrrole nitrogens is 1. The molecule has 6 heteroatoms. The van der Waals surface area contributed by atoms with Crippen LogP contribution < -0.4 is 5.32 Å². The molecule has 1 fully saturated rings. The highest BCUT2D eigenvalue weighted by Gasteiger charge is 2.18. The van der Waals surface area contributed by atoms with Gasteiger partial charge in [-0.2, -0.15) is 0 Å². The predicted octanol–water partition coefficient (Wildman–Crippen LogP) is 3.88. The van der Waals surface area contributed by atoms with Crippen LogP contribution in [0.25, 0.3) is 10.9 Å². The summed E-state index contributed by atoms with van der Waals surface area (Å²) in [7, 11) is 0. The maximum absolute atomic E-state index is 12.2. The van der Waals surface area contributed by atoms with Crippen molar-refractivity contribution in [3.05, 3.63) is 33.4 Å². The van der Waals surface area contributed by atoms with Gasteiger partial charge in [0.25, 0.3) is 5.91 Å². The third kappa shape index (κ3) is 3.25. The Bertz CT molecular complexity index is 665. The molecule has 112 valence electrons. The first kappa shape index (κ1) is 14.9. The van der Waals surface area contributed by atoms with Crippen LogP contribution in [0.5, 0.6) is 0 Å². The van der Waals surface area contributed by atoms with Crippen molar-refractivity contribution in [2.75, 3.05) is 13.2 Å². The normalized spacial score (nSPS) is 18.3. The molecule has 0 bridgehead atoms. The minimum Gasteiger partial charge on any atom is -0.378 e. The van der Waals surface area contributed by atoms with Gasteiger partial charge in [0.05, 0.1) is 11.1 Å². The molecular weight excluding hydrogens is 356 g/mol. The minimum atomic E-state index is -0.176. The topological polar surface area (TPSA) is 54.1 Å². The Morgan fingerprint density at radius 1 is 1.52 bits per heavy atom. The number of nitrogens with one attached hydrogen (secondary N) is 2. The van der Waals surface area contributed by atoms with Crippen molar-refractivity contribution >= 4 is 44.3 Å². The van der Waals surface area contributed by atoms with Gasteiger partial charge in [-0.05, 0) is 37.5 Å². The Morgan fingerprint density at radius 2 is 2.38 bits per heavy atom. The van der Waals surface area contributed by atoms with E-state index in [1.807, 2.05) is 18.2 Å². The molecule has 2 aromatic rings. The van der Waals surface area contributed by atoms with E-state index in [0.717, 1.165) is 41.2 Å². The van der Waals surface area contributed by atoms with Gasteiger partial charge in [0.2, 0.25) is 0 Å². The summed E-state index contributed by atoms with van der Waals surface area (Å²) >= 11 is 9.70. The van der Waals surface area contributed by atoms with E-state index in [1.165, 1.54) is 0 Å². The Morgan fingerprint density at radius 3 is 3.14 bits per heavy atom. The number of carbonyl (C=O) groups is 1. The van der Waals surface area contributed by atoms with Crippen molar-refractivity contribution in [2.24, 2.45) is 0 Å². The molecule has 0 saturated carbocycles. The summed E-state index contributed by atoms with van der Waals surface area (Å²) < 4.78 is 6.47. The average molecular weight is 372 g/mol. The van der Waals surface area contributed by atoms with Gasteiger partial charge >= 0.3 is 0 Å². The van der Waals surface area contributed by atoms with Crippen LogP contribution in [0.15, 0.2) is 22.7 Å². The lowest BCUT2D eigenvalue weighted by Gasteiger charge is -2.09. The van der Waals surface area contributed by atoms with E-state index in [4.69, 9.17) is 16.3 Å². The standard InChI is InChI=1S/C15H16BrClN2O2/c16-9-3-4-12-11(8-9)13(17)14(19-12)15(20)18-6-5-10-2-1-7-21-10/h3-4,8,10,19H,1-2,5-7H2,(H,18,20). The molecule has 1 atom stereocenters. The van der Waals surface area contributed by atoms with Crippen molar-refractivity contribution in [1.82, 2.24) is 10.3 Å². The monoisotopic (exact) mass is 370 g/mol. The van der Waals surface area contributed by atoms with Crippen LogP contribution in [0.1, 0.15) is 29.8 Å². The number of benzene rings is 1. The SMILES string of the molecule is O=C(NCCC1CCCO1)c1[nH]c2ccc(Br)cc2c1Cl. The first-order valence-electron chi connectivity index (χ1n) is 7.01. The molecule has 0 radical (unpaired) electrons. The van der Waals surface area contributed by atoms with Crippen LogP contribution in [-0.2, 0) is 4.74 Å². The van der Waals surface area contributed by atoms with E-state index in [-0.39, 0.29) is 12.0 Å². The second-order valence-electron chi connectivity index (χ2n) is 5.18. The summed E-state index contributed by atoms with van der Waals surface area (Å²) in [6.07, 6.45) is 3.31. The van der Waals surface area contributed by atoms with Crippen LogP contribution in [-0.4, -0.2) is 30.1 Å². The van der Waals surface area contributed by atoms with Crippen molar-refractivity contribution in [3.63, 3.8) is 0 Å². The van der Waals surface area contributed by atoms with Crippen molar-refractivity contribution in [3.8, 4) is 0 Å². The summed E-state index contributed by atoms with van der Waals surface area (Å²) in [4.78, 5) is 15.3. The fraction of sp³-hybridized carbons (Fsp3) is 0.400. The van der Waals surface area contributed by atoms with Gasteiger partial charge in [0.1, 0.15) is 5.69 Å². The lowest BCUT2D eigenvalue weighted by atomic mass is 10.2. The molecule has 2 heterocycles. The number of fused-ring (bicyclic) bond motifs is 1. The van der Waals surface area contributed by atoms with Gasteiger partial charge in [-0.1, -0.05) is 27.5 Å². The third-order valence-electron chi connectivity index (χ3n) is 3.70. The van der Waals surface area contributed by atoms with E-state index >= 15 is 0 Å². The molecule has 3 rings (SSSR count). The summed E-state index contributed by atoms with van der Waals surface area (Å²) in [5, 5.41) is 4.20. The van der Waals surface area contributed by atoms with Crippen LogP contribution >= 0.6 is 27.5 Å². The molecule has 1 unspecified atom stereocenters. The minimum absolute atomic E-state index is 0.176. The summed E-state index contributed by atoms with van der Waals surface area (Å²) in [5.41, 5.74) is 1.27. The molecule has 1 aromatic heterocycles. The number of ether oxygens (including phenoxy) is 1. The number of aromatic amines is 1. The second kappa shape index (κ2) is 6.38. The Balaban J connectivity index is 1.67. The molecule has 1 saturated heterocycles. The van der Waals surface area contributed by atoms with E-state index in [9.17, 15) is 4.79 Å². The fourth-order valence-electron chi connectivity index (χ4n) is 2.59. The zero-order valence-electron chi connectivity index (χ0n) is 11.4. The van der Waals surface area contributed by atoms with E-state index in [2.05, 4.69) is 26.2 Å². The molecule has 21 heavy (non-hydrogen) atoms. The quantitative estimate of drug-likeness (QED) is 0.857. The lowest BCUT2D eigenvalue weighted by Crippen LogP contribution is -2.27. The van der Waals surface area contributed by atoms with Gasteiger partial charge in [0, 0.05) is 28.5 Å². The molecule has 4 nitrogen and oxygen atoms in total. The Labute approximate surface area is 136 Å². The summed E-state index contributed by atoms with van der Waals surface area (Å²) in [6, 6.07) is 5.71. The van der Waals surface area contributed by atoms with Crippen molar-refractivity contribution in [1.29, 1.82) is 0 Å². The maximum atomic E-state index is 12.2. The molecule has 0 aliphatic carbocycles. The molecule has 1 aliphatic heterocycles. The third-order valence-corrected chi connectivity index (χ3v) is 4.59. The van der Waals surface area contributed by atoms with Crippen molar-refractivity contribution < 1.29 is 9.53 Å². The largest absolute Gasteiger partial charge is 0.378 e. The second-order valence-corrected chi connectivity index (χ2v) is 6.48. The van der Waals surface area contributed by atoms with E-state index in [0.29, 0.717) is 17.3 Å². The zero-order chi connectivity index (χ0) is 14.8. The van der Waals surface area contributed by atoms with Gasteiger partial charge < -0.3 is 15.0 Å². The van der Waals surface area contributed by atoms with E-state index in [1.54, 1.807) is 0 Å². The number of carbonyl (C=O) groups excluding carboxylic acids is 1. The molecule has 1 amide bonds. The van der Waals surface area contributed by atoms with Crippen LogP contribution in [0.3, 0.4) is 0 Å². The number of hydrogen-bond donors (Lipinski definition) is 2. The van der Waals surface area contributed by atoms with Gasteiger partial charge in [-0.3, -0.25) is 4.79 Å². The maximum Gasteiger partial charge on any atom is 0.269 e.